The molecule has 0 aliphatic rings. The van der Waals surface area contributed by atoms with Crippen LogP contribution < -0.4 is 5.32 Å². The van der Waals surface area contributed by atoms with Gasteiger partial charge in [-0.25, -0.2) is 0 Å². The summed E-state index contributed by atoms with van der Waals surface area (Å²) in [5.74, 6) is 0. The van der Waals surface area contributed by atoms with Crippen molar-refractivity contribution in [2.24, 2.45) is 0 Å². The van der Waals surface area contributed by atoms with Crippen molar-refractivity contribution in [2.75, 3.05) is 33.5 Å². The van der Waals surface area contributed by atoms with Crippen LogP contribution in [0.3, 0.4) is 0 Å². The van der Waals surface area contributed by atoms with E-state index in [9.17, 15) is 0 Å². The van der Waals surface area contributed by atoms with Crippen LogP contribution in [0.2, 0.25) is 0 Å². The molecule has 0 unspecified atom stereocenters. The van der Waals surface area contributed by atoms with E-state index in [1.165, 1.54) is 5.56 Å². The topological polar surface area (TPSA) is 30.5 Å². The Labute approximate surface area is 91.4 Å². The first-order valence-corrected chi connectivity index (χ1v) is 5.25. The Hall–Kier alpha value is -0.900. The summed E-state index contributed by atoms with van der Waals surface area (Å²) in [6.45, 7) is 3.84. The minimum absolute atomic E-state index is 0.665. The lowest BCUT2D eigenvalue weighted by Gasteiger charge is -2.05. The summed E-state index contributed by atoms with van der Waals surface area (Å²) < 4.78 is 10.2. The van der Waals surface area contributed by atoms with Crippen LogP contribution in [0.1, 0.15) is 5.56 Å². The van der Waals surface area contributed by atoms with Gasteiger partial charge in [0.25, 0.3) is 0 Å². The number of methoxy groups -OCH3 is 1. The molecule has 3 nitrogen and oxygen atoms in total. The van der Waals surface area contributed by atoms with E-state index in [4.69, 9.17) is 9.47 Å². The third-order valence-corrected chi connectivity index (χ3v) is 2.03. The molecule has 0 saturated carbocycles. The second-order valence-electron chi connectivity index (χ2n) is 3.27. The third-order valence-electron chi connectivity index (χ3n) is 2.03. The lowest BCUT2D eigenvalue weighted by atomic mass is 10.2. The molecule has 0 atom stereocenters. The standard InChI is InChI=1S/C12H19NO2/c1-14-9-10-15-8-7-13-11-12-5-3-2-4-6-12/h2-6,13H,7-11H2,1H3. The van der Waals surface area contributed by atoms with Gasteiger partial charge in [0.15, 0.2) is 0 Å². The highest BCUT2D eigenvalue weighted by Gasteiger charge is 1.91. The summed E-state index contributed by atoms with van der Waals surface area (Å²) in [7, 11) is 1.68. The molecule has 0 saturated heterocycles. The van der Waals surface area contributed by atoms with Gasteiger partial charge >= 0.3 is 0 Å². The average Bonchev–Trinajstić information content (AvgIpc) is 2.29. The van der Waals surface area contributed by atoms with Crippen molar-refractivity contribution >= 4 is 0 Å². The van der Waals surface area contributed by atoms with Gasteiger partial charge in [-0.2, -0.15) is 0 Å². The lowest BCUT2D eigenvalue weighted by molar-refractivity contribution is 0.0719. The maximum absolute atomic E-state index is 5.32. The fourth-order valence-corrected chi connectivity index (χ4v) is 1.22. The minimum Gasteiger partial charge on any atom is -0.382 e. The number of hydrogen-bond donors (Lipinski definition) is 1. The predicted molar refractivity (Wildman–Crippen MR) is 60.8 cm³/mol. The smallest absolute Gasteiger partial charge is 0.0700 e. The predicted octanol–water partition coefficient (Wildman–Crippen LogP) is 1.44. The molecule has 1 aromatic rings. The summed E-state index contributed by atoms with van der Waals surface area (Å²) in [4.78, 5) is 0. The first-order chi connectivity index (χ1) is 7.43. The quantitative estimate of drug-likeness (QED) is 0.657. The zero-order valence-electron chi connectivity index (χ0n) is 9.24. The molecule has 0 spiro atoms. The van der Waals surface area contributed by atoms with Crippen LogP contribution >= 0.6 is 0 Å². The molecular formula is C12H19NO2. The number of nitrogens with one attached hydrogen (secondary N) is 1. The molecule has 0 aliphatic heterocycles. The van der Waals surface area contributed by atoms with Gasteiger partial charge in [0.2, 0.25) is 0 Å². The number of hydrogen-bond acceptors (Lipinski definition) is 3. The fraction of sp³-hybridized carbons (Fsp3) is 0.500. The van der Waals surface area contributed by atoms with Gasteiger partial charge < -0.3 is 14.8 Å². The van der Waals surface area contributed by atoms with Crippen LogP contribution in [-0.4, -0.2) is 33.5 Å². The van der Waals surface area contributed by atoms with Crippen LogP contribution in [-0.2, 0) is 16.0 Å². The number of benzene rings is 1. The van der Waals surface area contributed by atoms with Crippen LogP contribution in [0.15, 0.2) is 30.3 Å². The molecule has 0 aromatic heterocycles. The Balaban J connectivity index is 1.93. The Bertz CT molecular complexity index is 239. The van der Waals surface area contributed by atoms with Crippen LogP contribution in [0.4, 0.5) is 0 Å². The minimum atomic E-state index is 0.665. The van der Waals surface area contributed by atoms with Crippen LogP contribution in [0.5, 0.6) is 0 Å². The number of ether oxygens (including phenoxy) is 2. The summed E-state index contributed by atoms with van der Waals surface area (Å²) in [5, 5.41) is 3.31. The summed E-state index contributed by atoms with van der Waals surface area (Å²) in [5.41, 5.74) is 1.30. The Morgan fingerprint density at radius 3 is 2.60 bits per heavy atom. The van der Waals surface area contributed by atoms with Gasteiger partial charge in [-0.05, 0) is 5.56 Å². The molecule has 0 fully saturated rings. The monoisotopic (exact) mass is 209 g/mol. The van der Waals surface area contributed by atoms with Crippen molar-refractivity contribution in [3.8, 4) is 0 Å². The normalized spacial score (nSPS) is 10.5. The zero-order valence-corrected chi connectivity index (χ0v) is 9.24. The molecule has 0 bridgehead atoms. The van der Waals surface area contributed by atoms with Crippen molar-refractivity contribution in [3.05, 3.63) is 35.9 Å². The first-order valence-electron chi connectivity index (χ1n) is 5.25. The van der Waals surface area contributed by atoms with E-state index in [1.807, 2.05) is 18.2 Å². The molecule has 0 amide bonds. The second-order valence-corrected chi connectivity index (χ2v) is 3.27. The second kappa shape index (κ2) is 8.41. The first kappa shape index (κ1) is 12.2. The molecule has 0 heterocycles. The van der Waals surface area contributed by atoms with Gasteiger partial charge in [-0.15, -0.1) is 0 Å². The molecular weight excluding hydrogens is 190 g/mol. The van der Waals surface area contributed by atoms with Crippen molar-refractivity contribution < 1.29 is 9.47 Å². The molecule has 0 radical (unpaired) electrons. The van der Waals surface area contributed by atoms with Crippen molar-refractivity contribution in [3.63, 3.8) is 0 Å². The maximum atomic E-state index is 5.32. The molecule has 15 heavy (non-hydrogen) atoms. The van der Waals surface area contributed by atoms with E-state index < -0.39 is 0 Å². The van der Waals surface area contributed by atoms with Gasteiger partial charge in [-0.1, -0.05) is 30.3 Å². The highest BCUT2D eigenvalue weighted by atomic mass is 16.5. The fourth-order valence-electron chi connectivity index (χ4n) is 1.22. The van der Waals surface area contributed by atoms with E-state index in [2.05, 4.69) is 17.4 Å². The zero-order chi connectivity index (χ0) is 10.8. The van der Waals surface area contributed by atoms with Crippen molar-refractivity contribution in [2.45, 2.75) is 6.54 Å². The van der Waals surface area contributed by atoms with Gasteiger partial charge in [-0.3, -0.25) is 0 Å². The average molecular weight is 209 g/mol. The SMILES string of the molecule is COCCOCCNCc1ccccc1. The van der Waals surface area contributed by atoms with Crippen LogP contribution in [0.25, 0.3) is 0 Å². The van der Waals surface area contributed by atoms with Crippen molar-refractivity contribution in [1.82, 2.24) is 5.32 Å². The summed E-state index contributed by atoms with van der Waals surface area (Å²) in [6, 6.07) is 10.3. The van der Waals surface area contributed by atoms with Crippen molar-refractivity contribution in [1.29, 1.82) is 0 Å². The Kier molecular flexibility index (Phi) is 6.83. The third kappa shape index (κ3) is 6.23. The highest BCUT2D eigenvalue weighted by molar-refractivity contribution is 5.14. The Morgan fingerprint density at radius 1 is 1.07 bits per heavy atom. The molecule has 1 rings (SSSR count). The molecule has 84 valence electrons. The molecule has 1 N–H and O–H groups in total. The van der Waals surface area contributed by atoms with Gasteiger partial charge in [0.1, 0.15) is 0 Å². The van der Waals surface area contributed by atoms with E-state index in [1.54, 1.807) is 7.11 Å². The van der Waals surface area contributed by atoms with E-state index in [0.29, 0.717) is 13.2 Å². The summed E-state index contributed by atoms with van der Waals surface area (Å²) >= 11 is 0. The van der Waals surface area contributed by atoms with Gasteiger partial charge in [0.05, 0.1) is 19.8 Å². The van der Waals surface area contributed by atoms with Crippen LogP contribution in [0, 0.1) is 0 Å². The maximum Gasteiger partial charge on any atom is 0.0700 e. The molecule has 0 aliphatic carbocycles. The van der Waals surface area contributed by atoms with E-state index in [0.717, 1.165) is 19.7 Å². The lowest BCUT2D eigenvalue weighted by Crippen LogP contribution is -2.20. The molecule has 3 heteroatoms. The largest absolute Gasteiger partial charge is 0.382 e. The molecule has 1 aromatic carbocycles. The van der Waals surface area contributed by atoms with E-state index in [-0.39, 0.29) is 0 Å². The summed E-state index contributed by atoms with van der Waals surface area (Å²) in [6.07, 6.45) is 0. The van der Waals surface area contributed by atoms with Gasteiger partial charge in [0, 0.05) is 20.2 Å². The number of rotatable bonds is 8. The Morgan fingerprint density at radius 2 is 1.87 bits per heavy atom. The highest BCUT2D eigenvalue weighted by Crippen LogP contribution is 1.96. The van der Waals surface area contributed by atoms with E-state index >= 15 is 0 Å².